The molecule has 0 aromatic heterocycles. The summed E-state index contributed by atoms with van der Waals surface area (Å²) in [6.45, 7) is -0.428. The molecule has 1 N–H and O–H groups in total. The number of amides is 1. The first-order valence-corrected chi connectivity index (χ1v) is 6.86. The minimum atomic E-state index is -0.532. The fourth-order valence-electron chi connectivity index (χ4n) is 1.73. The molecule has 0 aliphatic heterocycles. The number of ether oxygens (including phenoxy) is 1. The third-order valence-electron chi connectivity index (χ3n) is 2.73. The van der Waals surface area contributed by atoms with E-state index in [9.17, 15) is 14.0 Å². The lowest BCUT2D eigenvalue weighted by Crippen LogP contribution is -2.21. The van der Waals surface area contributed by atoms with E-state index in [1.807, 2.05) is 0 Å². The molecule has 0 aliphatic carbocycles. The van der Waals surface area contributed by atoms with Crippen LogP contribution in [-0.2, 0) is 20.7 Å². The van der Waals surface area contributed by atoms with Gasteiger partial charge in [-0.2, -0.15) is 0 Å². The largest absolute Gasteiger partial charge is 0.455 e. The van der Waals surface area contributed by atoms with Crippen molar-refractivity contribution in [1.82, 2.24) is 0 Å². The summed E-state index contributed by atoms with van der Waals surface area (Å²) >= 11 is 5.74. The maximum Gasteiger partial charge on any atom is 0.310 e. The number of anilines is 1. The van der Waals surface area contributed by atoms with Gasteiger partial charge in [0.1, 0.15) is 5.82 Å². The monoisotopic (exact) mass is 321 g/mol. The number of nitrogens with one attached hydrogen (secondary N) is 1. The molecule has 114 valence electrons. The maximum absolute atomic E-state index is 13.0. The fourth-order valence-corrected chi connectivity index (χ4v) is 1.86. The van der Waals surface area contributed by atoms with Crippen molar-refractivity contribution in [3.05, 3.63) is 64.9 Å². The quantitative estimate of drug-likeness (QED) is 0.860. The average Bonchev–Trinajstić information content (AvgIpc) is 2.48. The Bertz CT molecular complexity index is 673. The van der Waals surface area contributed by atoms with Crippen molar-refractivity contribution in [2.45, 2.75) is 6.42 Å². The van der Waals surface area contributed by atoms with Crippen molar-refractivity contribution in [2.75, 3.05) is 11.9 Å². The zero-order valence-corrected chi connectivity index (χ0v) is 12.3. The number of carbonyl (C=O) groups is 2. The van der Waals surface area contributed by atoms with Crippen LogP contribution in [0.15, 0.2) is 48.5 Å². The zero-order chi connectivity index (χ0) is 15.9. The Morgan fingerprint density at radius 3 is 2.55 bits per heavy atom. The molecule has 6 heteroatoms. The molecule has 0 fully saturated rings. The predicted octanol–water partition coefficient (Wildman–Crippen LogP) is 3.20. The number of hydrogen-bond acceptors (Lipinski definition) is 3. The fraction of sp³-hybridized carbons (Fsp3) is 0.125. The third kappa shape index (κ3) is 5.18. The minimum Gasteiger partial charge on any atom is -0.455 e. The lowest BCUT2D eigenvalue weighted by molar-refractivity contribution is -0.146. The Balaban J connectivity index is 1.78. The van der Waals surface area contributed by atoms with E-state index in [0.717, 1.165) is 5.56 Å². The summed E-state index contributed by atoms with van der Waals surface area (Å²) in [6.07, 6.45) is 0.0460. The highest BCUT2D eigenvalue weighted by Gasteiger charge is 2.09. The summed E-state index contributed by atoms with van der Waals surface area (Å²) < 4.78 is 17.8. The summed E-state index contributed by atoms with van der Waals surface area (Å²) in [7, 11) is 0. The molecule has 2 aromatic carbocycles. The first kappa shape index (κ1) is 16.0. The van der Waals surface area contributed by atoms with Gasteiger partial charge in [-0.1, -0.05) is 29.8 Å². The summed E-state index contributed by atoms with van der Waals surface area (Å²) in [4.78, 5) is 23.2. The van der Waals surface area contributed by atoms with Crippen LogP contribution in [0.5, 0.6) is 0 Å². The van der Waals surface area contributed by atoms with Crippen LogP contribution in [0.4, 0.5) is 10.1 Å². The van der Waals surface area contributed by atoms with Crippen LogP contribution in [0, 0.1) is 5.82 Å². The maximum atomic E-state index is 13.0. The van der Waals surface area contributed by atoms with Gasteiger partial charge in [0.15, 0.2) is 6.61 Å². The molecular formula is C16H13ClFNO3. The Labute approximate surface area is 131 Å². The highest BCUT2D eigenvalue weighted by Crippen LogP contribution is 2.11. The molecule has 0 spiro atoms. The molecule has 0 radical (unpaired) electrons. The molecular weight excluding hydrogens is 309 g/mol. The van der Waals surface area contributed by atoms with E-state index < -0.39 is 24.3 Å². The van der Waals surface area contributed by atoms with Gasteiger partial charge in [-0.15, -0.1) is 0 Å². The smallest absolute Gasteiger partial charge is 0.310 e. The van der Waals surface area contributed by atoms with Crippen molar-refractivity contribution in [1.29, 1.82) is 0 Å². The molecule has 0 bridgehead atoms. The van der Waals surface area contributed by atoms with Crippen molar-refractivity contribution in [3.8, 4) is 0 Å². The molecule has 1 amide bonds. The van der Waals surface area contributed by atoms with Crippen LogP contribution in [0.3, 0.4) is 0 Å². The van der Waals surface area contributed by atoms with Crippen LogP contribution < -0.4 is 5.32 Å². The van der Waals surface area contributed by atoms with Crippen molar-refractivity contribution in [3.63, 3.8) is 0 Å². The number of rotatable bonds is 5. The number of halogens is 2. The molecule has 0 aliphatic rings. The first-order valence-electron chi connectivity index (χ1n) is 6.48. The van der Waals surface area contributed by atoms with E-state index in [1.54, 1.807) is 24.3 Å². The van der Waals surface area contributed by atoms with Gasteiger partial charge in [0.25, 0.3) is 5.91 Å². The van der Waals surface area contributed by atoms with E-state index in [2.05, 4.69) is 5.32 Å². The standard InChI is InChI=1S/C16H13ClFNO3/c17-12-6-4-11(5-7-12)8-16(21)22-10-15(20)19-14-3-1-2-13(18)9-14/h1-7,9H,8,10H2,(H,19,20). The third-order valence-corrected chi connectivity index (χ3v) is 2.99. The summed E-state index contributed by atoms with van der Waals surface area (Å²) in [5.74, 6) is -1.52. The lowest BCUT2D eigenvalue weighted by atomic mass is 10.1. The van der Waals surface area contributed by atoms with Crippen LogP contribution in [-0.4, -0.2) is 18.5 Å². The van der Waals surface area contributed by atoms with Gasteiger partial charge in [-0.25, -0.2) is 4.39 Å². The molecule has 0 heterocycles. The van der Waals surface area contributed by atoms with Gasteiger partial charge >= 0.3 is 5.97 Å². The van der Waals surface area contributed by atoms with E-state index in [1.165, 1.54) is 24.3 Å². The van der Waals surface area contributed by atoms with Gasteiger partial charge in [0.2, 0.25) is 0 Å². The second kappa shape index (κ2) is 7.56. The van der Waals surface area contributed by atoms with Crippen LogP contribution in [0.25, 0.3) is 0 Å². The normalized spacial score (nSPS) is 10.1. The molecule has 2 aromatic rings. The van der Waals surface area contributed by atoms with E-state index in [-0.39, 0.29) is 6.42 Å². The zero-order valence-electron chi connectivity index (χ0n) is 11.5. The van der Waals surface area contributed by atoms with Crippen LogP contribution in [0.2, 0.25) is 5.02 Å². The molecule has 0 saturated heterocycles. The van der Waals surface area contributed by atoms with Gasteiger partial charge in [-0.3, -0.25) is 9.59 Å². The summed E-state index contributed by atoms with van der Waals surface area (Å²) in [5.41, 5.74) is 1.04. The topological polar surface area (TPSA) is 55.4 Å². The Morgan fingerprint density at radius 1 is 1.14 bits per heavy atom. The van der Waals surface area contributed by atoms with Crippen LogP contribution >= 0.6 is 11.6 Å². The summed E-state index contributed by atoms with van der Waals surface area (Å²) in [6, 6.07) is 12.2. The molecule has 2 rings (SSSR count). The van der Waals surface area contributed by atoms with Gasteiger partial charge in [0, 0.05) is 10.7 Å². The predicted molar refractivity (Wildman–Crippen MR) is 81.1 cm³/mol. The number of carbonyl (C=O) groups excluding carboxylic acids is 2. The molecule has 0 saturated carbocycles. The molecule has 4 nitrogen and oxygen atoms in total. The number of hydrogen-bond donors (Lipinski definition) is 1. The average molecular weight is 322 g/mol. The molecule has 0 atom stereocenters. The highest BCUT2D eigenvalue weighted by atomic mass is 35.5. The first-order chi connectivity index (χ1) is 10.5. The van der Waals surface area contributed by atoms with E-state index >= 15 is 0 Å². The van der Waals surface area contributed by atoms with Crippen molar-refractivity contribution >= 4 is 29.2 Å². The number of benzene rings is 2. The molecule has 22 heavy (non-hydrogen) atoms. The van der Waals surface area contributed by atoms with Gasteiger partial charge in [-0.05, 0) is 35.9 Å². The highest BCUT2D eigenvalue weighted by molar-refractivity contribution is 6.30. The molecule has 0 unspecified atom stereocenters. The Hall–Kier alpha value is -2.40. The van der Waals surface area contributed by atoms with Gasteiger partial charge < -0.3 is 10.1 Å². The second-order valence-corrected chi connectivity index (χ2v) is 4.96. The van der Waals surface area contributed by atoms with E-state index in [4.69, 9.17) is 16.3 Å². The SMILES string of the molecule is O=C(COC(=O)Cc1ccc(Cl)cc1)Nc1cccc(F)c1. The van der Waals surface area contributed by atoms with Crippen molar-refractivity contribution in [2.24, 2.45) is 0 Å². The Morgan fingerprint density at radius 2 is 1.86 bits per heavy atom. The van der Waals surface area contributed by atoms with E-state index in [0.29, 0.717) is 10.7 Å². The van der Waals surface area contributed by atoms with Crippen molar-refractivity contribution < 1.29 is 18.7 Å². The second-order valence-electron chi connectivity index (χ2n) is 4.52. The van der Waals surface area contributed by atoms with Crippen LogP contribution in [0.1, 0.15) is 5.56 Å². The summed E-state index contributed by atoms with van der Waals surface area (Å²) in [5, 5.41) is 3.01. The van der Waals surface area contributed by atoms with Gasteiger partial charge in [0.05, 0.1) is 6.42 Å². The lowest BCUT2D eigenvalue weighted by Gasteiger charge is -2.07. The Kier molecular flexibility index (Phi) is 5.49. The minimum absolute atomic E-state index is 0.0460. The number of esters is 1.